The van der Waals surface area contributed by atoms with E-state index in [0.717, 1.165) is 30.5 Å². The number of rotatable bonds is 12. The van der Waals surface area contributed by atoms with Crippen LogP contribution in [0.25, 0.3) is 0 Å². The van der Waals surface area contributed by atoms with Crippen molar-refractivity contribution < 1.29 is 24.6 Å². The van der Waals surface area contributed by atoms with Crippen LogP contribution in [0, 0.1) is 5.92 Å². The Kier molecular flexibility index (Phi) is 9.89. The number of aliphatic hydroxyl groups is 2. The number of nitrogens with zero attached hydrogens (tertiary/aromatic N) is 2. The van der Waals surface area contributed by atoms with Gasteiger partial charge in [0.05, 0.1) is 24.9 Å². The van der Waals surface area contributed by atoms with Crippen LogP contribution in [0.4, 0.5) is 11.4 Å². The van der Waals surface area contributed by atoms with E-state index < -0.39 is 17.4 Å². The average molecular weight is 597 g/mol. The maximum atomic E-state index is 13.9. The number of amides is 3. The maximum absolute atomic E-state index is 13.9. The summed E-state index contributed by atoms with van der Waals surface area (Å²) in [6.45, 7) is 3.27. The van der Waals surface area contributed by atoms with E-state index in [0.29, 0.717) is 23.5 Å². The Labute approximate surface area is 258 Å². The number of aliphatic hydroxyl groups excluding tert-OH is 1. The van der Waals surface area contributed by atoms with Crippen molar-refractivity contribution in [3.63, 3.8) is 0 Å². The molecule has 5 rings (SSSR count). The van der Waals surface area contributed by atoms with Gasteiger partial charge in [-0.3, -0.25) is 14.4 Å². The third-order valence-electron chi connectivity index (χ3n) is 8.40. The summed E-state index contributed by atoms with van der Waals surface area (Å²) in [5.41, 5.74) is 1.75. The third-order valence-corrected chi connectivity index (χ3v) is 8.40. The quantitative estimate of drug-likeness (QED) is 0.237. The molecule has 4 N–H and O–H groups in total. The predicted octanol–water partition coefficient (Wildman–Crippen LogP) is 3.72. The molecule has 0 aliphatic carbocycles. The second-order valence-electron chi connectivity index (χ2n) is 11.5. The minimum Gasteiger partial charge on any atom is -0.395 e. The van der Waals surface area contributed by atoms with Crippen molar-refractivity contribution >= 4 is 29.1 Å². The molecule has 2 aliphatic rings. The van der Waals surface area contributed by atoms with Crippen molar-refractivity contribution in [2.75, 3.05) is 29.9 Å². The Balaban J connectivity index is 1.28. The first-order valence-corrected chi connectivity index (χ1v) is 15.2. The van der Waals surface area contributed by atoms with Gasteiger partial charge in [0, 0.05) is 36.7 Å². The van der Waals surface area contributed by atoms with Crippen LogP contribution in [-0.4, -0.2) is 58.6 Å². The summed E-state index contributed by atoms with van der Waals surface area (Å²) in [5, 5.41) is 27.6. The number of carbonyl (C=O) groups is 3. The van der Waals surface area contributed by atoms with Gasteiger partial charge in [0.1, 0.15) is 0 Å². The second kappa shape index (κ2) is 14.0. The van der Waals surface area contributed by atoms with Gasteiger partial charge in [0.15, 0.2) is 5.60 Å². The normalized spacial score (nSPS) is 20.1. The van der Waals surface area contributed by atoms with Crippen molar-refractivity contribution in [3.8, 4) is 0 Å². The van der Waals surface area contributed by atoms with Crippen molar-refractivity contribution in [1.29, 1.82) is 0 Å². The first kappa shape index (κ1) is 31.1. The molecule has 0 bridgehead atoms. The fourth-order valence-corrected chi connectivity index (χ4v) is 5.98. The van der Waals surface area contributed by atoms with Gasteiger partial charge in [-0.2, -0.15) is 0 Å². The van der Waals surface area contributed by atoms with E-state index in [4.69, 9.17) is 0 Å². The van der Waals surface area contributed by atoms with Gasteiger partial charge < -0.3 is 30.6 Å². The zero-order valence-corrected chi connectivity index (χ0v) is 25.0. The number of hydrogen-bond acceptors (Lipinski definition) is 6. The Morgan fingerprint density at radius 1 is 1.09 bits per heavy atom. The van der Waals surface area contributed by atoms with Gasteiger partial charge in [-0.25, -0.2) is 0 Å². The summed E-state index contributed by atoms with van der Waals surface area (Å²) in [6.07, 6.45) is 5.24. The number of benzene rings is 3. The van der Waals surface area contributed by atoms with E-state index in [9.17, 15) is 24.6 Å². The molecular formula is C35H40N4O5. The Bertz CT molecular complexity index is 1500. The van der Waals surface area contributed by atoms with E-state index in [-0.39, 0.29) is 44.0 Å². The lowest BCUT2D eigenvalue weighted by atomic mass is 9.83. The molecule has 0 saturated carbocycles. The van der Waals surface area contributed by atoms with Gasteiger partial charge in [0.25, 0.3) is 5.91 Å². The number of hydrogen-bond donors (Lipinski definition) is 4. The van der Waals surface area contributed by atoms with Crippen molar-refractivity contribution in [3.05, 3.63) is 108 Å². The molecule has 0 spiro atoms. The molecule has 3 aromatic carbocycles. The molecule has 3 atom stereocenters. The van der Waals surface area contributed by atoms with E-state index in [1.54, 1.807) is 41.0 Å². The Morgan fingerprint density at radius 3 is 2.59 bits per heavy atom. The van der Waals surface area contributed by atoms with E-state index in [1.807, 2.05) is 66.7 Å². The summed E-state index contributed by atoms with van der Waals surface area (Å²) in [6, 6.07) is 24.0. The van der Waals surface area contributed by atoms with Gasteiger partial charge in [-0.15, -0.1) is 0 Å². The van der Waals surface area contributed by atoms with Gasteiger partial charge in [-0.05, 0) is 48.7 Å². The lowest BCUT2D eigenvalue weighted by molar-refractivity contribution is -0.139. The van der Waals surface area contributed by atoms with Gasteiger partial charge >= 0.3 is 0 Å². The summed E-state index contributed by atoms with van der Waals surface area (Å²) in [7, 11) is 0. The molecule has 3 amide bonds. The standard InChI is InChI=1S/C35H40N4O5/c1-25(10-7-18-32(41)38(20-21-40)23-26-11-3-2-4-12-26)35(44)29-15-5-6-17-31(29)39(34(35)43)24-27-13-8-14-28(22-27)37-33(42)30-16-9-19-36-30/h2-8,10-15,17,22,25,30,36,40,44H,9,16,18-21,23-24H2,1H3,(H,37,42)/b10-7+/t25-,30+,35+/m0/s1. The smallest absolute Gasteiger partial charge is 0.264 e. The highest BCUT2D eigenvalue weighted by Crippen LogP contribution is 2.45. The molecule has 3 aromatic rings. The molecular weight excluding hydrogens is 556 g/mol. The minimum atomic E-state index is -1.81. The van der Waals surface area contributed by atoms with Crippen LogP contribution < -0.4 is 15.5 Å². The van der Waals surface area contributed by atoms with Crippen LogP contribution in [0.2, 0.25) is 0 Å². The number of carbonyl (C=O) groups excluding carboxylic acids is 3. The Morgan fingerprint density at radius 2 is 1.84 bits per heavy atom. The number of para-hydroxylation sites is 1. The topological polar surface area (TPSA) is 122 Å². The highest BCUT2D eigenvalue weighted by atomic mass is 16.3. The number of anilines is 2. The fraction of sp³-hybridized carbons (Fsp3) is 0.343. The second-order valence-corrected chi connectivity index (χ2v) is 11.5. The van der Waals surface area contributed by atoms with Crippen molar-refractivity contribution in [1.82, 2.24) is 10.2 Å². The summed E-state index contributed by atoms with van der Waals surface area (Å²) < 4.78 is 0. The molecule has 9 nitrogen and oxygen atoms in total. The van der Waals surface area contributed by atoms with Crippen LogP contribution in [-0.2, 0) is 33.1 Å². The lowest BCUT2D eigenvalue weighted by Crippen LogP contribution is -2.44. The maximum Gasteiger partial charge on any atom is 0.264 e. The molecule has 0 aromatic heterocycles. The monoisotopic (exact) mass is 596 g/mol. The van der Waals surface area contributed by atoms with Crippen molar-refractivity contribution in [2.24, 2.45) is 5.92 Å². The summed E-state index contributed by atoms with van der Waals surface area (Å²) in [4.78, 5) is 42.7. The van der Waals surface area contributed by atoms with Crippen LogP contribution in [0.15, 0.2) is 91.0 Å². The molecule has 1 fully saturated rings. The zero-order valence-electron chi connectivity index (χ0n) is 25.0. The highest BCUT2D eigenvalue weighted by molar-refractivity contribution is 6.07. The lowest BCUT2D eigenvalue weighted by Gasteiger charge is -2.28. The van der Waals surface area contributed by atoms with Crippen LogP contribution >= 0.6 is 0 Å². The van der Waals surface area contributed by atoms with E-state index in [1.165, 1.54) is 0 Å². The first-order chi connectivity index (χ1) is 21.3. The van der Waals surface area contributed by atoms with Gasteiger partial charge in [0.2, 0.25) is 11.8 Å². The molecule has 0 radical (unpaired) electrons. The van der Waals surface area contributed by atoms with Crippen LogP contribution in [0.1, 0.15) is 42.9 Å². The van der Waals surface area contributed by atoms with E-state index >= 15 is 0 Å². The first-order valence-electron chi connectivity index (χ1n) is 15.2. The summed E-state index contributed by atoms with van der Waals surface area (Å²) in [5.74, 6) is -1.30. The molecule has 1 saturated heterocycles. The molecule has 2 aliphatic heterocycles. The molecule has 44 heavy (non-hydrogen) atoms. The van der Waals surface area contributed by atoms with Crippen LogP contribution in [0.3, 0.4) is 0 Å². The molecule has 2 heterocycles. The SMILES string of the molecule is C[C@@H](/C=C/CC(=O)N(CCO)Cc1ccccc1)[C@]1(O)C(=O)N(Cc2cccc(NC(=O)[C@H]3CCCN3)c2)c2ccccc21. The highest BCUT2D eigenvalue weighted by Gasteiger charge is 2.52. The van der Waals surface area contributed by atoms with Gasteiger partial charge in [-0.1, -0.05) is 79.7 Å². The zero-order chi connectivity index (χ0) is 31.1. The Hall–Kier alpha value is -4.31. The molecule has 9 heteroatoms. The predicted molar refractivity (Wildman–Crippen MR) is 169 cm³/mol. The fourth-order valence-electron chi connectivity index (χ4n) is 5.98. The molecule has 230 valence electrons. The van der Waals surface area contributed by atoms with E-state index in [2.05, 4.69) is 10.6 Å². The minimum absolute atomic E-state index is 0.0711. The molecule has 0 unspecified atom stereocenters. The summed E-state index contributed by atoms with van der Waals surface area (Å²) >= 11 is 0. The van der Waals surface area contributed by atoms with Crippen molar-refractivity contribution in [2.45, 2.75) is 50.9 Å². The van der Waals surface area contributed by atoms with Crippen LogP contribution in [0.5, 0.6) is 0 Å². The number of fused-ring (bicyclic) bond motifs is 1. The average Bonchev–Trinajstić information content (AvgIpc) is 3.65. The largest absolute Gasteiger partial charge is 0.395 e. The third kappa shape index (κ3) is 6.75. The number of nitrogens with one attached hydrogen (secondary N) is 2.